The fourth-order valence-corrected chi connectivity index (χ4v) is 2.60. The second kappa shape index (κ2) is 5.59. The first-order chi connectivity index (χ1) is 9.78. The summed E-state index contributed by atoms with van der Waals surface area (Å²) in [5.41, 5.74) is 3.06. The van der Waals surface area contributed by atoms with Gasteiger partial charge in [-0.25, -0.2) is 4.98 Å². The predicted octanol–water partition coefficient (Wildman–Crippen LogP) is 4.57. The Hall–Kier alpha value is -1.94. The van der Waals surface area contributed by atoms with Gasteiger partial charge in [-0.3, -0.25) is 4.99 Å². The van der Waals surface area contributed by atoms with Crippen LogP contribution >= 0.6 is 15.9 Å². The molecular formula is C16H14BrN3. The van der Waals surface area contributed by atoms with E-state index in [2.05, 4.69) is 43.5 Å². The van der Waals surface area contributed by atoms with Crippen molar-refractivity contribution in [1.29, 1.82) is 0 Å². The molecule has 0 fully saturated rings. The maximum Gasteiger partial charge on any atom is 0.152 e. The molecule has 0 aliphatic rings. The summed E-state index contributed by atoms with van der Waals surface area (Å²) in [5, 5.41) is 0. The average Bonchev–Trinajstić information content (AvgIpc) is 2.82. The van der Waals surface area contributed by atoms with Gasteiger partial charge in [-0.2, -0.15) is 0 Å². The minimum absolute atomic E-state index is 0.875. The number of aryl methyl sites for hydroxylation is 1. The van der Waals surface area contributed by atoms with Gasteiger partial charge in [-0.1, -0.05) is 34.1 Å². The van der Waals surface area contributed by atoms with E-state index in [-0.39, 0.29) is 0 Å². The van der Waals surface area contributed by atoms with Gasteiger partial charge in [0.15, 0.2) is 5.82 Å². The molecule has 20 heavy (non-hydrogen) atoms. The molecule has 0 spiro atoms. The smallest absolute Gasteiger partial charge is 0.152 e. The van der Waals surface area contributed by atoms with E-state index < -0.39 is 0 Å². The number of fused-ring (bicyclic) bond motifs is 1. The van der Waals surface area contributed by atoms with E-state index in [0.717, 1.165) is 33.6 Å². The highest BCUT2D eigenvalue weighted by Crippen LogP contribution is 2.19. The van der Waals surface area contributed by atoms with Crippen LogP contribution in [-0.2, 0) is 6.54 Å². The molecule has 0 N–H and O–H groups in total. The lowest BCUT2D eigenvalue weighted by molar-refractivity contribution is 0.780. The lowest BCUT2D eigenvalue weighted by atomic mass is 10.3. The molecule has 3 aromatic rings. The molecule has 0 bridgehead atoms. The van der Waals surface area contributed by atoms with Gasteiger partial charge in [0, 0.05) is 11.0 Å². The van der Waals surface area contributed by atoms with Gasteiger partial charge >= 0.3 is 0 Å². The minimum Gasteiger partial charge on any atom is -0.323 e. The van der Waals surface area contributed by atoms with Gasteiger partial charge in [0.1, 0.15) is 0 Å². The first-order valence-corrected chi connectivity index (χ1v) is 7.32. The number of hydrogen-bond acceptors (Lipinski definition) is 2. The van der Waals surface area contributed by atoms with Crippen molar-refractivity contribution in [3.05, 3.63) is 58.8 Å². The van der Waals surface area contributed by atoms with Gasteiger partial charge in [0.25, 0.3) is 0 Å². The highest BCUT2D eigenvalue weighted by Gasteiger charge is 2.06. The second-order valence-electron chi connectivity index (χ2n) is 4.44. The molecule has 2 aromatic carbocycles. The van der Waals surface area contributed by atoms with Crippen LogP contribution in [0.3, 0.4) is 0 Å². The Morgan fingerprint density at radius 3 is 2.85 bits per heavy atom. The number of imidazole rings is 1. The molecule has 100 valence electrons. The fraction of sp³-hybridized carbons (Fsp3) is 0.125. The Balaban J connectivity index is 2.02. The van der Waals surface area contributed by atoms with Crippen LogP contribution in [0.15, 0.2) is 58.0 Å². The molecule has 1 aromatic heterocycles. The first kappa shape index (κ1) is 13.1. The molecule has 0 saturated carbocycles. The maximum absolute atomic E-state index is 4.62. The van der Waals surface area contributed by atoms with Crippen LogP contribution in [-0.4, -0.2) is 15.8 Å². The Bertz CT molecular complexity index is 774. The standard InChI is InChI=1S/C16H14BrN3/c1-2-20-15-9-4-3-8-14(15)19-16(20)11-18-13-7-5-6-12(17)10-13/h3-11H,2H2,1H3. The van der Waals surface area contributed by atoms with E-state index in [1.54, 1.807) is 0 Å². The van der Waals surface area contributed by atoms with Crippen LogP contribution in [0, 0.1) is 0 Å². The number of halogens is 1. The van der Waals surface area contributed by atoms with E-state index >= 15 is 0 Å². The number of rotatable bonds is 3. The Labute approximate surface area is 126 Å². The second-order valence-corrected chi connectivity index (χ2v) is 5.36. The van der Waals surface area contributed by atoms with Crippen LogP contribution < -0.4 is 0 Å². The monoisotopic (exact) mass is 327 g/mol. The zero-order valence-electron chi connectivity index (χ0n) is 11.1. The number of nitrogens with zero attached hydrogens (tertiary/aromatic N) is 3. The minimum atomic E-state index is 0.875. The summed E-state index contributed by atoms with van der Waals surface area (Å²) in [6.45, 7) is 2.99. The van der Waals surface area contributed by atoms with Crippen molar-refractivity contribution in [3.8, 4) is 0 Å². The van der Waals surface area contributed by atoms with Crippen molar-refractivity contribution in [2.75, 3.05) is 0 Å². The van der Waals surface area contributed by atoms with Crippen molar-refractivity contribution in [1.82, 2.24) is 9.55 Å². The van der Waals surface area contributed by atoms with Crippen LogP contribution in [0.4, 0.5) is 5.69 Å². The molecule has 3 nitrogen and oxygen atoms in total. The largest absolute Gasteiger partial charge is 0.323 e. The summed E-state index contributed by atoms with van der Waals surface area (Å²) in [4.78, 5) is 9.13. The summed E-state index contributed by atoms with van der Waals surface area (Å²) in [7, 11) is 0. The maximum atomic E-state index is 4.62. The Morgan fingerprint density at radius 2 is 2.05 bits per heavy atom. The molecule has 4 heteroatoms. The van der Waals surface area contributed by atoms with Gasteiger partial charge in [0.2, 0.25) is 0 Å². The first-order valence-electron chi connectivity index (χ1n) is 6.53. The number of para-hydroxylation sites is 2. The number of hydrogen-bond donors (Lipinski definition) is 0. The summed E-state index contributed by atoms with van der Waals surface area (Å²) < 4.78 is 3.19. The molecule has 3 rings (SSSR count). The van der Waals surface area contributed by atoms with Crippen molar-refractivity contribution in [2.24, 2.45) is 4.99 Å². The zero-order chi connectivity index (χ0) is 13.9. The highest BCUT2D eigenvalue weighted by molar-refractivity contribution is 9.10. The average molecular weight is 328 g/mol. The molecule has 0 saturated heterocycles. The lowest BCUT2D eigenvalue weighted by Gasteiger charge is -2.01. The molecule has 0 amide bonds. The molecule has 0 aliphatic carbocycles. The third-order valence-electron chi connectivity index (χ3n) is 3.14. The van der Waals surface area contributed by atoms with Crippen molar-refractivity contribution in [2.45, 2.75) is 13.5 Å². The SMILES string of the molecule is CCn1c(C=Nc2cccc(Br)c2)nc2ccccc21. The predicted molar refractivity (Wildman–Crippen MR) is 86.8 cm³/mol. The van der Waals surface area contributed by atoms with Crippen LogP contribution in [0.1, 0.15) is 12.7 Å². The molecule has 0 atom stereocenters. The van der Waals surface area contributed by atoms with Gasteiger partial charge in [0.05, 0.1) is 22.9 Å². The Morgan fingerprint density at radius 1 is 1.20 bits per heavy atom. The van der Waals surface area contributed by atoms with E-state index in [1.807, 2.05) is 48.7 Å². The normalized spacial score (nSPS) is 11.5. The molecule has 0 aliphatic heterocycles. The number of aliphatic imine (C=N–C) groups is 1. The van der Waals surface area contributed by atoms with Crippen LogP contribution in [0.25, 0.3) is 11.0 Å². The highest BCUT2D eigenvalue weighted by atomic mass is 79.9. The van der Waals surface area contributed by atoms with E-state index in [4.69, 9.17) is 0 Å². The summed E-state index contributed by atoms with van der Waals surface area (Å²) in [6, 6.07) is 16.1. The lowest BCUT2D eigenvalue weighted by Crippen LogP contribution is -2.00. The summed E-state index contributed by atoms with van der Waals surface area (Å²) in [5.74, 6) is 0.883. The zero-order valence-corrected chi connectivity index (χ0v) is 12.7. The third-order valence-corrected chi connectivity index (χ3v) is 3.63. The van der Waals surface area contributed by atoms with E-state index in [1.165, 1.54) is 0 Å². The molecular weight excluding hydrogens is 314 g/mol. The van der Waals surface area contributed by atoms with E-state index in [9.17, 15) is 0 Å². The fourth-order valence-electron chi connectivity index (χ4n) is 2.21. The van der Waals surface area contributed by atoms with Crippen molar-refractivity contribution < 1.29 is 0 Å². The summed E-state index contributed by atoms with van der Waals surface area (Å²) >= 11 is 3.45. The number of benzene rings is 2. The Kier molecular flexibility index (Phi) is 3.65. The van der Waals surface area contributed by atoms with Gasteiger partial charge in [-0.05, 0) is 37.3 Å². The van der Waals surface area contributed by atoms with Crippen molar-refractivity contribution in [3.63, 3.8) is 0 Å². The topological polar surface area (TPSA) is 30.2 Å². The van der Waals surface area contributed by atoms with Crippen molar-refractivity contribution >= 4 is 38.9 Å². The quantitative estimate of drug-likeness (QED) is 0.648. The van der Waals surface area contributed by atoms with Gasteiger partial charge < -0.3 is 4.57 Å². The molecule has 1 heterocycles. The molecule has 0 radical (unpaired) electrons. The number of aromatic nitrogens is 2. The van der Waals surface area contributed by atoms with Crippen LogP contribution in [0.5, 0.6) is 0 Å². The summed E-state index contributed by atoms with van der Waals surface area (Å²) in [6.07, 6.45) is 1.82. The van der Waals surface area contributed by atoms with Crippen LogP contribution in [0.2, 0.25) is 0 Å². The molecule has 0 unspecified atom stereocenters. The third kappa shape index (κ3) is 2.51. The van der Waals surface area contributed by atoms with E-state index in [0.29, 0.717) is 0 Å². The van der Waals surface area contributed by atoms with Gasteiger partial charge in [-0.15, -0.1) is 0 Å².